The molecule has 1 aliphatic rings. The summed E-state index contributed by atoms with van der Waals surface area (Å²) < 4.78 is 17.1. The molecule has 1 aromatic heterocycles. The Bertz CT molecular complexity index is 574. The molecule has 6 nitrogen and oxygen atoms in total. The van der Waals surface area contributed by atoms with E-state index < -0.39 is 26.6 Å². The highest BCUT2D eigenvalue weighted by atomic mass is 28.4. The van der Waals surface area contributed by atoms with Gasteiger partial charge in [-0.2, -0.15) is 0 Å². The van der Waals surface area contributed by atoms with E-state index in [0.717, 1.165) is 23.0 Å². The van der Waals surface area contributed by atoms with E-state index in [1.54, 1.807) is 12.1 Å². The van der Waals surface area contributed by atoms with Gasteiger partial charge in [-0.25, -0.2) is 9.69 Å². The van der Waals surface area contributed by atoms with E-state index >= 15 is 0 Å². The van der Waals surface area contributed by atoms with Crippen molar-refractivity contribution < 1.29 is 23.2 Å². The van der Waals surface area contributed by atoms with E-state index in [1.807, 2.05) is 13.8 Å². The standard InChI is InChI=1S/C18H29NO5Si/c1-6-25(7-2,8-3)24-16-15(14-10-9-11-22-14)19(17(16)20)18(21)23-12-13(4)5/h9-11,13,15-16H,6-8,12H2,1-5H3. The van der Waals surface area contributed by atoms with E-state index in [-0.39, 0.29) is 18.4 Å². The second-order valence-corrected chi connectivity index (χ2v) is 11.6. The fraction of sp³-hybridized carbons (Fsp3) is 0.667. The molecule has 140 valence electrons. The molecule has 2 atom stereocenters. The Hall–Kier alpha value is -1.60. The Labute approximate surface area is 150 Å². The van der Waals surface area contributed by atoms with Crippen LogP contribution in [0.2, 0.25) is 18.1 Å². The molecule has 0 aliphatic carbocycles. The lowest BCUT2D eigenvalue weighted by Gasteiger charge is -2.46. The highest BCUT2D eigenvalue weighted by Gasteiger charge is 2.56. The summed E-state index contributed by atoms with van der Waals surface area (Å²) in [6, 6.07) is 5.78. The molecular weight excluding hydrogens is 338 g/mol. The van der Waals surface area contributed by atoms with Crippen LogP contribution in [0.1, 0.15) is 46.4 Å². The van der Waals surface area contributed by atoms with Crippen LogP contribution in [0.3, 0.4) is 0 Å². The fourth-order valence-electron chi connectivity index (χ4n) is 3.09. The molecule has 2 heterocycles. The fourth-order valence-corrected chi connectivity index (χ4v) is 5.86. The van der Waals surface area contributed by atoms with Crippen LogP contribution in [0.25, 0.3) is 0 Å². The van der Waals surface area contributed by atoms with Crippen LogP contribution in [-0.4, -0.2) is 37.9 Å². The number of hydrogen-bond acceptors (Lipinski definition) is 5. The first-order valence-corrected chi connectivity index (χ1v) is 11.6. The molecule has 1 aliphatic heterocycles. The predicted molar refractivity (Wildman–Crippen MR) is 96.6 cm³/mol. The molecule has 1 saturated heterocycles. The molecule has 1 fully saturated rings. The Morgan fingerprint density at radius 2 is 1.92 bits per heavy atom. The Balaban J connectivity index is 2.21. The summed E-state index contributed by atoms with van der Waals surface area (Å²) >= 11 is 0. The average molecular weight is 368 g/mol. The van der Waals surface area contributed by atoms with Crippen LogP contribution in [0, 0.1) is 5.92 Å². The molecule has 0 saturated carbocycles. The van der Waals surface area contributed by atoms with Crippen molar-refractivity contribution in [3.63, 3.8) is 0 Å². The van der Waals surface area contributed by atoms with Gasteiger partial charge in [0.05, 0.1) is 12.9 Å². The van der Waals surface area contributed by atoms with E-state index in [2.05, 4.69) is 20.8 Å². The first-order chi connectivity index (χ1) is 11.9. The number of rotatable bonds is 8. The number of β-lactam (4-membered cyclic amide) rings is 1. The number of carbonyl (C=O) groups is 2. The molecular formula is C18H29NO5Si. The first kappa shape index (κ1) is 19.7. The van der Waals surface area contributed by atoms with Crippen molar-refractivity contribution in [2.45, 2.75) is 64.9 Å². The molecule has 0 aromatic carbocycles. The number of furan rings is 1. The summed E-state index contributed by atoms with van der Waals surface area (Å²) in [7, 11) is -1.99. The largest absolute Gasteiger partial charge is 0.467 e. The lowest BCUT2D eigenvalue weighted by atomic mass is 9.96. The maximum atomic E-state index is 12.7. The van der Waals surface area contributed by atoms with Crippen molar-refractivity contribution in [1.29, 1.82) is 0 Å². The summed E-state index contributed by atoms with van der Waals surface area (Å²) in [6.07, 6.45) is 0.248. The van der Waals surface area contributed by atoms with Gasteiger partial charge in [0.15, 0.2) is 14.4 Å². The van der Waals surface area contributed by atoms with Gasteiger partial charge in [-0.3, -0.25) is 4.79 Å². The minimum absolute atomic E-state index is 0.203. The molecule has 1 aromatic rings. The molecule has 0 radical (unpaired) electrons. The van der Waals surface area contributed by atoms with Gasteiger partial charge >= 0.3 is 6.09 Å². The lowest BCUT2D eigenvalue weighted by Crippen LogP contribution is -2.64. The zero-order chi connectivity index (χ0) is 18.6. The quantitative estimate of drug-likeness (QED) is 0.505. The molecule has 2 amide bonds. The van der Waals surface area contributed by atoms with Crippen LogP contribution in [0.4, 0.5) is 4.79 Å². The van der Waals surface area contributed by atoms with E-state index in [1.165, 1.54) is 6.26 Å². The Morgan fingerprint density at radius 3 is 2.40 bits per heavy atom. The van der Waals surface area contributed by atoms with Gasteiger partial charge in [0, 0.05) is 0 Å². The lowest BCUT2D eigenvalue weighted by molar-refractivity contribution is -0.162. The van der Waals surface area contributed by atoms with Crippen molar-refractivity contribution in [2.24, 2.45) is 5.92 Å². The SMILES string of the molecule is CC[Si](CC)(CC)OC1C(=O)N(C(=O)OCC(C)C)C1c1ccco1. The van der Waals surface area contributed by atoms with Gasteiger partial charge < -0.3 is 13.6 Å². The average Bonchev–Trinajstić information content (AvgIpc) is 3.12. The normalized spacial score (nSPS) is 20.7. The minimum atomic E-state index is -1.99. The van der Waals surface area contributed by atoms with Gasteiger partial charge in [-0.1, -0.05) is 34.6 Å². The van der Waals surface area contributed by atoms with Gasteiger partial charge in [0.1, 0.15) is 11.8 Å². The van der Waals surface area contributed by atoms with E-state index in [9.17, 15) is 9.59 Å². The van der Waals surface area contributed by atoms with Crippen molar-refractivity contribution >= 4 is 20.3 Å². The zero-order valence-electron chi connectivity index (χ0n) is 15.8. The number of likely N-dealkylation sites (tertiary alicyclic amines) is 1. The third kappa shape index (κ3) is 3.98. The zero-order valence-corrected chi connectivity index (χ0v) is 16.8. The summed E-state index contributed by atoms with van der Waals surface area (Å²) in [5.41, 5.74) is 0. The Kier molecular flexibility index (Phi) is 6.45. The first-order valence-electron chi connectivity index (χ1n) is 9.10. The van der Waals surface area contributed by atoms with E-state index in [0.29, 0.717) is 5.76 Å². The van der Waals surface area contributed by atoms with Crippen molar-refractivity contribution in [3.8, 4) is 0 Å². The van der Waals surface area contributed by atoms with E-state index in [4.69, 9.17) is 13.6 Å². The smallest absolute Gasteiger partial charge is 0.417 e. The number of amides is 2. The molecule has 0 bridgehead atoms. The Morgan fingerprint density at radius 1 is 1.28 bits per heavy atom. The number of imide groups is 1. The number of carbonyl (C=O) groups excluding carboxylic acids is 2. The van der Waals surface area contributed by atoms with Gasteiger partial charge in [-0.15, -0.1) is 0 Å². The molecule has 7 heteroatoms. The van der Waals surface area contributed by atoms with Gasteiger partial charge in [-0.05, 0) is 36.2 Å². The summed E-state index contributed by atoms with van der Waals surface area (Å²) in [4.78, 5) is 26.2. The topological polar surface area (TPSA) is 69.0 Å². The second kappa shape index (κ2) is 8.18. The van der Waals surface area contributed by atoms with Crippen LogP contribution < -0.4 is 0 Å². The van der Waals surface area contributed by atoms with Gasteiger partial charge in [0.25, 0.3) is 5.91 Å². The van der Waals surface area contributed by atoms with Crippen molar-refractivity contribution in [1.82, 2.24) is 4.90 Å². The maximum Gasteiger partial charge on any atom is 0.417 e. The highest BCUT2D eigenvalue weighted by molar-refractivity contribution is 6.73. The number of hydrogen-bond donors (Lipinski definition) is 0. The van der Waals surface area contributed by atoms with Crippen LogP contribution in [0.15, 0.2) is 22.8 Å². The van der Waals surface area contributed by atoms with Crippen molar-refractivity contribution in [2.75, 3.05) is 6.61 Å². The van der Waals surface area contributed by atoms with Crippen LogP contribution in [-0.2, 0) is 14.0 Å². The minimum Gasteiger partial charge on any atom is -0.467 e. The molecule has 0 N–H and O–H groups in total. The molecule has 2 unspecified atom stereocenters. The van der Waals surface area contributed by atoms with Crippen molar-refractivity contribution in [3.05, 3.63) is 24.2 Å². The summed E-state index contributed by atoms with van der Waals surface area (Å²) in [6.45, 7) is 10.5. The van der Waals surface area contributed by atoms with Crippen LogP contribution >= 0.6 is 0 Å². The van der Waals surface area contributed by atoms with Gasteiger partial charge in [0.2, 0.25) is 0 Å². The molecule has 0 spiro atoms. The predicted octanol–water partition coefficient (Wildman–Crippen LogP) is 4.35. The molecule has 2 rings (SSSR count). The maximum absolute atomic E-state index is 12.7. The number of nitrogens with zero attached hydrogens (tertiary/aromatic N) is 1. The monoisotopic (exact) mass is 367 g/mol. The third-order valence-corrected chi connectivity index (χ3v) is 9.55. The molecule has 25 heavy (non-hydrogen) atoms. The third-order valence-electron chi connectivity index (χ3n) is 4.93. The summed E-state index contributed by atoms with van der Waals surface area (Å²) in [5, 5.41) is 0. The summed E-state index contributed by atoms with van der Waals surface area (Å²) in [5.74, 6) is 0.425. The second-order valence-electron chi connectivity index (χ2n) is 6.92. The highest BCUT2D eigenvalue weighted by Crippen LogP contribution is 2.41. The number of ether oxygens (including phenoxy) is 1. The van der Waals surface area contributed by atoms with Crippen LogP contribution in [0.5, 0.6) is 0 Å².